The molecule has 0 unspecified atom stereocenters. The van der Waals surface area contributed by atoms with Crippen molar-refractivity contribution in [2.24, 2.45) is 0 Å². The zero-order chi connectivity index (χ0) is 11.9. The van der Waals surface area contributed by atoms with Crippen LogP contribution < -0.4 is 5.32 Å². The van der Waals surface area contributed by atoms with E-state index in [9.17, 15) is 9.59 Å². The highest BCUT2D eigenvalue weighted by Gasteiger charge is 2.13. The van der Waals surface area contributed by atoms with E-state index < -0.39 is 0 Å². The Kier molecular flexibility index (Phi) is 5.97. The summed E-state index contributed by atoms with van der Waals surface area (Å²) in [5.41, 5.74) is -0.181. The number of hydrogen-bond donors (Lipinski definition) is 1. The summed E-state index contributed by atoms with van der Waals surface area (Å²) in [6, 6.07) is 0. The standard InChI is InChI=1S/C11H21NO3/c1-11(2,3)12-9(13)7-5-6-8-10(14)15-4/h5-8H2,1-4H3,(H,12,13). The van der Waals surface area contributed by atoms with E-state index in [1.165, 1.54) is 7.11 Å². The van der Waals surface area contributed by atoms with Gasteiger partial charge >= 0.3 is 5.97 Å². The third kappa shape index (κ3) is 9.25. The molecule has 15 heavy (non-hydrogen) atoms. The SMILES string of the molecule is COC(=O)CCCCC(=O)NC(C)(C)C. The van der Waals surface area contributed by atoms with Gasteiger partial charge in [0, 0.05) is 18.4 Å². The molecule has 0 aromatic rings. The van der Waals surface area contributed by atoms with Gasteiger partial charge in [-0.15, -0.1) is 0 Å². The maximum Gasteiger partial charge on any atom is 0.305 e. The van der Waals surface area contributed by atoms with Crippen LogP contribution in [-0.2, 0) is 14.3 Å². The van der Waals surface area contributed by atoms with Crippen molar-refractivity contribution in [3.05, 3.63) is 0 Å². The zero-order valence-electron chi connectivity index (χ0n) is 10.1. The van der Waals surface area contributed by atoms with Gasteiger partial charge in [0.15, 0.2) is 0 Å². The number of ether oxygens (including phenoxy) is 1. The fourth-order valence-corrected chi connectivity index (χ4v) is 1.14. The molecule has 0 aromatic carbocycles. The molecule has 0 radical (unpaired) electrons. The lowest BCUT2D eigenvalue weighted by atomic mass is 10.1. The molecule has 0 saturated carbocycles. The van der Waals surface area contributed by atoms with Crippen molar-refractivity contribution in [3.63, 3.8) is 0 Å². The molecule has 0 atom stereocenters. The number of rotatable bonds is 5. The molecule has 88 valence electrons. The molecule has 4 heteroatoms. The Morgan fingerprint density at radius 1 is 1.13 bits per heavy atom. The molecule has 0 rings (SSSR count). The molecule has 0 fully saturated rings. The first-order valence-corrected chi connectivity index (χ1v) is 5.23. The van der Waals surface area contributed by atoms with Crippen LogP contribution in [0.1, 0.15) is 46.5 Å². The minimum Gasteiger partial charge on any atom is -0.469 e. The molecule has 0 aromatic heterocycles. The number of unbranched alkanes of at least 4 members (excludes halogenated alkanes) is 1. The Labute approximate surface area is 91.4 Å². The van der Waals surface area contributed by atoms with Crippen molar-refractivity contribution in [2.45, 2.75) is 52.0 Å². The van der Waals surface area contributed by atoms with Gasteiger partial charge in [0.1, 0.15) is 0 Å². The van der Waals surface area contributed by atoms with Crippen LogP contribution in [0.25, 0.3) is 0 Å². The third-order valence-electron chi connectivity index (χ3n) is 1.78. The van der Waals surface area contributed by atoms with E-state index in [1.54, 1.807) is 0 Å². The molecular formula is C11H21NO3. The fraction of sp³-hybridized carbons (Fsp3) is 0.818. The van der Waals surface area contributed by atoms with Crippen molar-refractivity contribution in [1.29, 1.82) is 0 Å². The van der Waals surface area contributed by atoms with E-state index in [0.717, 1.165) is 6.42 Å². The Balaban J connectivity index is 3.52. The number of amides is 1. The van der Waals surface area contributed by atoms with Gasteiger partial charge in [-0.3, -0.25) is 9.59 Å². The Bertz CT molecular complexity index is 218. The van der Waals surface area contributed by atoms with Crippen LogP contribution in [-0.4, -0.2) is 24.5 Å². The van der Waals surface area contributed by atoms with Crippen LogP contribution in [0.3, 0.4) is 0 Å². The number of carbonyl (C=O) groups excluding carboxylic acids is 2. The topological polar surface area (TPSA) is 55.4 Å². The minimum absolute atomic E-state index is 0.0346. The second-order valence-electron chi connectivity index (χ2n) is 4.58. The van der Waals surface area contributed by atoms with Crippen LogP contribution in [0.5, 0.6) is 0 Å². The van der Waals surface area contributed by atoms with Crippen LogP contribution >= 0.6 is 0 Å². The monoisotopic (exact) mass is 215 g/mol. The molecule has 1 amide bonds. The molecule has 1 N–H and O–H groups in total. The molecule has 4 nitrogen and oxygen atoms in total. The lowest BCUT2D eigenvalue weighted by Gasteiger charge is -2.20. The average Bonchev–Trinajstić information content (AvgIpc) is 2.09. The van der Waals surface area contributed by atoms with Crippen molar-refractivity contribution < 1.29 is 14.3 Å². The summed E-state index contributed by atoms with van der Waals surface area (Å²) in [5.74, 6) is -0.182. The van der Waals surface area contributed by atoms with Gasteiger partial charge in [-0.1, -0.05) is 0 Å². The van der Waals surface area contributed by atoms with Crippen molar-refractivity contribution in [3.8, 4) is 0 Å². The number of methoxy groups -OCH3 is 1. The maximum atomic E-state index is 11.3. The molecule has 0 saturated heterocycles. The largest absolute Gasteiger partial charge is 0.469 e. The first kappa shape index (κ1) is 13.9. The van der Waals surface area contributed by atoms with Gasteiger partial charge in [-0.25, -0.2) is 0 Å². The van der Waals surface area contributed by atoms with Gasteiger partial charge in [-0.2, -0.15) is 0 Å². The van der Waals surface area contributed by atoms with E-state index in [-0.39, 0.29) is 17.4 Å². The second kappa shape index (κ2) is 6.43. The van der Waals surface area contributed by atoms with Crippen LogP contribution in [0.15, 0.2) is 0 Å². The first-order valence-electron chi connectivity index (χ1n) is 5.23. The first-order chi connectivity index (χ1) is 6.85. The number of nitrogens with one attached hydrogen (secondary N) is 1. The van der Waals surface area contributed by atoms with Gasteiger partial charge in [0.05, 0.1) is 7.11 Å². The third-order valence-corrected chi connectivity index (χ3v) is 1.78. The summed E-state index contributed by atoms with van der Waals surface area (Å²) in [6.07, 6.45) is 2.27. The molecule has 0 aliphatic rings. The Hall–Kier alpha value is -1.06. The quantitative estimate of drug-likeness (QED) is 0.560. The van der Waals surface area contributed by atoms with Gasteiger partial charge in [0.25, 0.3) is 0 Å². The van der Waals surface area contributed by atoms with Crippen molar-refractivity contribution in [1.82, 2.24) is 5.32 Å². The van der Waals surface area contributed by atoms with E-state index in [4.69, 9.17) is 0 Å². The molecule has 0 aliphatic carbocycles. The minimum atomic E-state index is -0.216. The molecule has 0 spiro atoms. The molecule has 0 heterocycles. The van der Waals surface area contributed by atoms with E-state index in [1.807, 2.05) is 20.8 Å². The molecular weight excluding hydrogens is 194 g/mol. The van der Waals surface area contributed by atoms with Crippen LogP contribution in [0.2, 0.25) is 0 Å². The van der Waals surface area contributed by atoms with Crippen molar-refractivity contribution in [2.75, 3.05) is 7.11 Å². The lowest BCUT2D eigenvalue weighted by molar-refractivity contribution is -0.140. The van der Waals surface area contributed by atoms with Gasteiger partial charge in [-0.05, 0) is 33.6 Å². The maximum absolute atomic E-state index is 11.3. The van der Waals surface area contributed by atoms with Crippen LogP contribution in [0.4, 0.5) is 0 Å². The Morgan fingerprint density at radius 2 is 1.67 bits per heavy atom. The fourth-order valence-electron chi connectivity index (χ4n) is 1.14. The van der Waals surface area contributed by atoms with Crippen molar-refractivity contribution >= 4 is 11.9 Å². The number of hydrogen-bond acceptors (Lipinski definition) is 3. The number of esters is 1. The number of carbonyl (C=O) groups is 2. The highest BCUT2D eigenvalue weighted by atomic mass is 16.5. The van der Waals surface area contributed by atoms with Crippen LogP contribution in [0, 0.1) is 0 Å². The highest BCUT2D eigenvalue weighted by Crippen LogP contribution is 2.04. The average molecular weight is 215 g/mol. The second-order valence-corrected chi connectivity index (χ2v) is 4.58. The summed E-state index contributed by atoms with van der Waals surface area (Å²) < 4.78 is 4.50. The van der Waals surface area contributed by atoms with E-state index in [0.29, 0.717) is 19.3 Å². The normalized spacial score (nSPS) is 10.9. The highest BCUT2D eigenvalue weighted by molar-refractivity contribution is 5.76. The summed E-state index contributed by atoms with van der Waals surface area (Å²) in [5, 5.41) is 2.87. The Morgan fingerprint density at radius 3 is 2.13 bits per heavy atom. The zero-order valence-corrected chi connectivity index (χ0v) is 10.1. The predicted molar refractivity (Wildman–Crippen MR) is 58.4 cm³/mol. The smallest absolute Gasteiger partial charge is 0.305 e. The molecule has 0 bridgehead atoms. The van der Waals surface area contributed by atoms with Gasteiger partial charge < -0.3 is 10.1 Å². The summed E-state index contributed by atoms with van der Waals surface area (Å²) in [4.78, 5) is 22.1. The predicted octanol–water partition coefficient (Wildman–Crippen LogP) is 1.63. The summed E-state index contributed by atoms with van der Waals surface area (Å²) in [6.45, 7) is 5.83. The molecule has 0 aliphatic heterocycles. The lowest BCUT2D eigenvalue weighted by Crippen LogP contribution is -2.40. The summed E-state index contributed by atoms with van der Waals surface area (Å²) in [7, 11) is 1.37. The van der Waals surface area contributed by atoms with Gasteiger partial charge in [0.2, 0.25) is 5.91 Å². The van der Waals surface area contributed by atoms with E-state index >= 15 is 0 Å². The summed E-state index contributed by atoms with van der Waals surface area (Å²) >= 11 is 0. The van der Waals surface area contributed by atoms with E-state index in [2.05, 4.69) is 10.1 Å².